The van der Waals surface area contributed by atoms with Crippen molar-refractivity contribution in [1.82, 2.24) is 9.88 Å². The summed E-state index contributed by atoms with van der Waals surface area (Å²) < 4.78 is 0.917. The second-order valence-electron chi connectivity index (χ2n) is 7.04. The first-order valence-corrected chi connectivity index (χ1v) is 10.4. The molecule has 3 aromatic rings. The molecule has 0 N–H and O–H groups in total. The van der Waals surface area contributed by atoms with Gasteiger partial charge in [-0.05, 0) is 50.4 Å². The monoisotopic (exact) mass is 480 g/mol. The molecule has 1 heterocycles. The van der Waals surface area contributed by atoms with Crippen molar-refractivity contribution in [3.05, 3.63) is 68.7 Å². The van der Waals surface area contributed by atoms with Gasteiger partial charge in [0, 0.05) is 36.3 Å². The number of aromatic nitrogens is 1. The topological polar surface area (TPSA) is 79.6 Å². The molecular weight excluding hydrogens is 459 g/mol. The Morgan fingerprint density at radius 2 is 2.00 bits per heavy atom. The highest BCUT2D eigenvalue weighted by atomic mass is 35.5. The Labute approximate surface area is 195 Å². The van der Waals surface area contributed by atoms with E-state index in [4.69, 9.17) is 11.6 Å². The number of nitrogens with zero attached hydrogens (tertiary/aromatic N) is 4. The van der Waals surface area contributed by atoms with E-state index in [2.05, 4.69) is 4.98 Å². The Bertz CT molecular complexity index is 1130. The number of anilines is 1. The maximum absolute atomic E-state index is 13.0. The van der Waals surface area contributed by atoms with E-state index in [-0.39, 0.29) is 24.0 Å². The van der Waals surface area contributed by atoms with E-state index in [1.165, 1.54) is 29.5 Å². The molecule has 31 heavy (non-hydrogen) atoms. The molecule has 0 atom stereocenters. The summed E-state index contributed by atoms with van der Waals surface area (Å²) in [6.45, 7) is 3.05. The average molecular weight is 481 g/mol. The largest absolute Gasteiger partial charge is 0.308 e. The zero-order valence-corrected chi connectivity index (χ0v) is 19.6. The van der Waals surface area contributed by atoms with Gasteiger partial charge in [-0.15, -0.1) is 12.4 Å². The molecule has 0 aliphatic carbocycles. The lowest BCUT2D eigenvalue weighted by atomic mass is 10.2. The highest BCUT2D eigenvalue weighted by molar-refractivity contribution is 7.22. The predicted molar refractivity (Wildman–Crippen MR) is 130 cm³/mol. The first kappa shape index (κ1) is 24.7. The van der Waals surface area contributed by atoms with Crippen LogP contribution in [-0.4, -0.2) is 47.9 Å². The average Bonchev–Trinajstić information content (AvgIpc) is 3.10. The number of amides is 1. The number of rotatable bonds is 7. The Balaban J connectivity index is 0.00000341. The minimum atomic E-state index is -0.461. The van der Waals surface area contributed by atoms with Crippen LogP contribution in [0.2, 0.25) is 5.02 Å². The molecule has 0 saturated carbocycles. The number of likely N-dealkylation sites (N-methyl/N-ethyl adjacent to an activating group) is 1. The van der Waals surface area contributed by atoms with Crippen molar-refractivity contribution in [2.75, 3.05) is 32.1 Å². The lowest BCUT2D eigenvalue weighted by Gasteiger charge is -2.20. The minimum Gasteiger partial charge on any atom is -0.308 e. The van der Waals surface area contributed by atoms with Gasteiger partial charge in [0.1, 0.15) is 0 Å². The molecule has 0 spiro atoms. The van der Waals surface area contributed by atoms with Crippen molar-refractivity contribution < 1.29 is 9.72 Å². The van der Waals surface area contributed by atoms with Crippen molar-refractivity contribution in [2.45, 2.75) is 6.92 Å². The van der Waals surface area contributed by atoms with E-state index in [9.17, 15) is 14.9 Å². The fourth-order valence-corrected chi connectivity index (χ4v) is 4.31. The number of hydrogen-bond donors (Lipinski definition) is 0. The molecule has 1 aromatic heterocycles. The quantitative estimate of drug-likeness (QED) is 0.263. The van der Waals surface area contributed by atoms with Crippen LogP contribution in [0.5, 0.6) is 0 Å². The number of nitro benzene ring substituents is 1. The van der Waals surface area contributed by atoms with Gasteiger partial charge >= 0.3 is 0 Å². The van der Waals surface area contributed by atoms with Gasteiger partial charge in [0.2, 0.25) is 0 Å². The zero-order valence-electron chi connectivity index (χ0n) is 17.2. The number of hydrogen-bond acceptors (Lipinski definition) is 6. The summed E-state index contributed by atoms with van der Waals surface area (Å²) in [5, 5.41) is 12.2. The lowest BCUT2D eigenvalue weighted by Crippen LogP contribution is -2.35. The molecule has 0 bridgehead atoms. The van der Waals surface area contributed by atoms with Crippen LogP contribution < -0.4 is 4.90 Å². The molecule has 164 valence electrons. The van der Waals surface area contributed by atoms with Gasteiger partial charge in [0.05, 0.1) is 15.1 Å². The fourth-order valence-electron chi connectivity index (χ4n) is 2.86. The number of carbonyl (C=O) groups is 1. The van der Waals surface area contributed by atoms with Gasteiger partial charge in [0.15, 0.2) is 5.13 Å². The van der Waals surface area contributed by atoms with Crippen molar-refractivity contribution >= 4 is 68.4 Å². The van der Waals surface area contributed by atoms with E-state index in [0.29, 0.717) is 28.8 Å². The number of carbonyl (C=O) groups excluding carboxylic acids is 1. The van der Waals surface area contributed by atoms with Crippen LogP contribution in [-0.2, 0) is 4.79 Å². The van der Waals surface area contributed by atoms with Gasteiger partial charge < -0.3 is 4.90 Å². The molecule has 0 saturated heterocycles. The van der Waals surface area contributed by atoms with E-state index in [1.54, 1.807) is 23.1 Å². The van der Waals surface area contributed by atoms with Crippen LogP contribution in [0.4, 0.5) is 10.8 Å². The molecule has 0 radical (unpaired) electrons. The van der Waals surface area contributed by atoms with Crippen LogP contribution >= 0.6 is 35.3 Å². The van der Waals surface area contributed by atoms with Gasteiger partial charge in [-0.25, -0.2) is 4.98 Å². The van der Waals surface area contributed by atoms with E-state index < -0.39 is 4.92 Å². The third-order valence-corrected chi connectivity index (χ3v) is 5.65. The summed E-state index contributed by atoms with van der Waals surface area (Å²) in [6.07, 6.45) is 2.99. The van der Waals surface area contributed by atoms with E-state index in [1.807, 2.05) is 38.1 Å². The normalized spacial score (nSPS) is 11.1. The van der Waals surface area contributed by atoms with Gasteiger partial charge in [0.25, 0.3) is 11.6 Å². The number of nitro groups is 1. The number of fused-ring (bicyclic) bond motifs is 1. The minimum absolute atomic E-state index is 0. The molecule has 2 aromatic carbocycles. The number of non-ortho nitro benzene ring substituents is 1. The van der Waals surface area contributed by atoms with Crippen LogP contribution in [0.15, 0.2) is 42.5 Å². The second-order valence-corrected chi connectivity index (χ2v) is 8.49. The highest BCUT2D eigenvalue weighted by Crippen LogP contribution is 2.33. The van der Waals surface area contributed by atoms with Crippen LogP contribution in [0.25, 0.3) is 16.3 Å². The van der Waals surface area contributed by atoms with Crippen LogP contribution in [0.1, 0.15) is 11.1 Å². The maximum Gasteiger partial charge on any atom is 0.270 e. The summed E-state index contributed by atoms with van der Waals surface area (Å²) in [6, 6.07) is 9.84. The van der Waals surface area contributed by atoms with E-state index >= 15 is 0 Å². The molecule has 0 fully saturated rings. The fraction of sp³-hybridized carbons (Fsp3) is 0.238. The highest BCUT2D eigenvalue weighted by Gasteiger charge is 2.19. The molecule has 7 nitrogen and oxygen atoms in total. The molecule has 3 rings (SSSR count). The van der Waals surface area contributed by atoms with Crippen molar-refractivity contribution in [3.8, 4) is 0 Å². The summed E-state index contributed by atoms with van der Waals surface area (Å²) >= 11 is 7.57. The predicted octanol–water partition coefficient (Wildman–Crippen LogP) is 5.20. The number of benzene rings is 2. The zero-order chi connectivity index (χ0) is 21.8. The first-order valence-electron chi connectivity index (χ1n) is 9.20. The first-order chi connectivity index (χ1) is 14.2. The smallest absolute Gasteiger partial charge is 0.270 e. The Morgan fingerprint density at radius 3 is 2.68 bits per heavy atom. The molecule has 0 aliphatic heterocycles. The van der Waals surface area contributed by atoms with E-state index in [0.717, 1.165) is 15.8 Å². The maximum atomic E-state index is 13.0. The SMILES string of the molecule is Cc1cc(Cl)cc2sc(N(CCN(C)C)C(=O)C=Cc3cccc([N+](=O)[O-])c3)nc12.Cl. The van der Waals surface area contributed by atoms with Gasteiger partial charge in [-0.1, -0.05) is 35.1 Å². The van der Waals surface area contributed by atoms with Crippen LogP contribution in [0.3, 0.4) is 0 Å². The summed E-state index contributed by atoms with van der Waals surface area (Å²) in [5.74, 6) is -0.244. The third kappa shape index (κ3) is 6.24. The van der Waals surface area contributed by atoms with Crippen molar-refractivity contribution in [2.24, 2.45) is 0 Å². The molecule has 0 aliphatic rings. The van der Waals surface area contributed by atoms with Crippen molar-refractivity contribution in [3.63, 3.8) is 0 Å². The third-order valence-electron chi connectivity index (χ3n) is 4.41. The lowest BCUT2D eigenvalue weighted by molar-refractivity contribution is -0.384. The summed E-state index contributed by atoms with van der Waals surface area (Å²) in [7, 11) is 3.87. The van der Waals surface area contributed by atoms with Crippen molar-refractivity contribution in [1.29, 1.82) is 0 Å². The summed E-state index contributed by atoms with van der Waals surface area (Å²) in [5.41, 5.74) is 2.33. The van der Waals surface area contributed by atoms with Crippen LogP contribution in [0, 0.1) is 17.0 Å². The molecule has 1 amide bonds. The molecular formula is C21H22Cl2N4O3S. The second kappa shape index (κ2) is 10.7. The van der Waals surface area contributed by atoms with Gasteiger partial charge in [-0.2, -0.15) is 0 Å². The number of halogens is 2. The summed E-state index contributed by atoms with van der Waals surface area (Å²) in [4.78, 5) is 31.8. The number of aryl methyl sites for hydroxylation is 1. The Morgan fingerprint density at radius 1 is 1.26 bits per heavy atom. The number of thiazole rings is 1. The van der Waals surface area contributed by atoms with Gasteiger partial charge in [-0.3, -0.25) is 19.8 Å². The Kier molecular flexibility index (Phi) is 8.52. The standard InChI is InChI=1S/C21H21ClN4O3S.ClH/c1-14-11-16(22)13-18-20(14)23-21(30-18)25(10-9-24(2)3)19(27)8-7-15-5-4-6-17(12-15)26(28)29;/h4-8,11-13H,9-10H2,1-3H3;1H. The Hall–Kier alpha value is -2.52. The molecule has 0 unspecified atom stereocenters. The molecule has 10 heteroatoms.